The molecule has 2 fully saturated rings. The third kappa shape index (κ3) is 3.88. The highest BCUT2D eigenvalue weighted by Gasteiger charge is 2.46. The molecule has 2 aliphatic rings. The van der Waals surface area contributed by atoms with E-state index in [2.05, 4.69) is 9.88 Å². The van der Waals surface area contributed by atoms with Gasteiger partial charge in [-0.2, -0.15) is 0 Å². The van der Waals surface area contributed by atoms with Crippen LogP contribution in [0.3, 0.4) is 0 Å². The van der Waals surface area contributed by atoms with Crippen LogP contribution in [-0.4, -0.2) is 77.5 Å². The van der Waals surface area contributed by atoms with Gasteiger partial charge in [0.2, 0.25) is 0 Å². The van der Waals surface area contributed by atoms with E-state index in [0.717, 1.165) is 12.1 Å². The molecular weight excluding hydrogens is 318 g/mol. The van der Waals surface area contributed by atoms with E-state index in [4.69, 9.17) is 5.11 Å². The Labute approximate surface area is 135 Å². The van der Waals surface area contributed by atoms with Gasteiger partial charge in [0, 0.05) is 50.7 Å². The maximum atomic E-state index is 12.1. The van der Waals surface area contributed by atoms with Crippen LogP contribution in [0.15, 0.2) is 24.5 Å². The van der Waals surface area contributed by atoms with E-state index in [1.165, 1.54) is 0 Å². The lowest BCUT2D eigenvalue weighted by Gasteiger charge is -2.43. The van der Waals surface area contributed by atoms with Crippen LogP contribution in [0.2, 0.25) is 0 Å². The number of sulfone groups is 1. The summed E-state index contributed by atoms with van der Waals surface area (Å²) in [7, 11) is -3.07. The zero-order valence-electron chi connectivity index (χ0n) is 12.8. The summed E-state index contributed by atoms with van der Waals surface area (Å²) in [6.07, 6.45) is 3.52. The summed E-state index contributed by atoms with van der Waals surface area (Å²) in [4.78, 5) is 19.1. The van der Waals surface area contributed by atoms with Crippen molar-refractivity contribution in [2.24, 2.45) is 0 Å². The topological polar surface area (TPSA) is 90.8 Å². The third-order valence-electron chi connectivity index (χ3n) is 4.65. The molecule has 0 amide bonds. The lowest BCUT2D eigenvalue weighted by atomic mass is 10.0. The fourth-order valence-corrected chi connectivity index (χ4v) is 5.58. The minimum atomic E-state index is -3.07. The normalized spacial score (nSPS) is 27.7. The van der Waals surface area contributed by atoms with Gasteiger partial charge in [-0.15, -0.1) is 0 Å². The number of carboxylic acids is 1. The number of hydrogen-bond acceptors (Lipinski definition) is 6. The molecule has 1 N–H and O–H groups in total. The molecule has 0 radical (unpaired) electrons. The summed E-state index contributed by atoms with van der Waals surface area (Å²) in [5.41, 5.74) is 1.11. The van der Waals surface area contributed by atoms with E-state index in [-0.39, 0.29) is 30.0 Å². The molecule has 0 aliphatic carbocycles. The van der Waals surface area contributed by atoms with E-state index in [1.807, 2.05) is 17.0 Å². The molecule has 7 nitrogen and oxygen atoms in total. The molecule has 0 bridgehead atoms. The van der Waals surface area contributed by atoms with Crippen molar-refractivity contribution in [1.29, 1.82) is 0 Å². The summed E-state index contributed by atoms with van der Waals surface area (Å²) >= 11 is 0. The van der Waals surface area contributed by atoms with E-state index < -0.39 is 15.8 Å². The Balaban J connectivity index is 1.74. The second-order valence-electron chi connectivity index (χ2n) is 6.22. The minimum Gasteiger partial charge on any atom is -0.481 e. The highest BCUT2D eigenvalue weighted by atomic mass is 32.2. The Kier molecular flexibility index (Phi) is 4.65. The van der Waals surface area contributed by atoms with Gasteiger partial charge in [-0.05, 0) is 17.7 Å². The molecule has 23 heavy (non-hydrogen) atoms. The highest BCUT2D eigenvalue weighted by Crippen LogP contribution is 2.28. The number of fused-ring (bicyclic) bond motifs is 1. The van der Waals surface area contributed by atoms with Crippen LogP contribution in [0.5, 0.6) is 0 Å². The van der Waals surface area contributed by atoms with Crippen LogP contribution < -0.4 is 0 Å². The number of aromatic nitrogens is 1. The smallest absolute Gasteiger partial charge is 0.304 e. The van der Waals surface area contributed by atoms with Crippen molar-refractivity contribution in [2.75, 3.05) is 31.1 Å². The molecule has 8 heteroatoms. The molecule has 3 rings (SSSR count). The Bertz CT molecular complexity index is 665. The Morgan fingerprint density at radius 3 is 2.43 bits per heavy atom. The molecule has 1 aromatic heterocycles. The number of carboxylic acid groups (broad SMARTS) is 1. The fourth-order valence-electron chi connectivity index (χ4n) is 3.53. The first-order valence-corrected chi connectivity index (χ1v) is 9.56. The predicted octanol–water partition coefficient (Wildman–Crippen LogP) is -0.160. The zero-order valence-corrected chi connectivity index (χ0v) is 13.7. The zero-order chi connectivity index (χ0) is 16.4. The monoisotopic (exact) mass is 339 g/mol. The van der Waals surface area contributed by atoms with E-state index in [0.29, 0.717) is 19.6 Å². The Morgan fingerprint density at radius 1 is 1.17 bits per heavy atom. The third-order valence-corrected chi connectivity index (χ3v) is 6.35. The summed E-state index contributed by atoms with van der Waals surface area (Å²) in [6.45, 7) is 2.56. The quantitative estimate of drug-likeness (QED) is 0.797. The average Bonchev–Trinajstić information content (AvgIpc) is 2.83. The van der Waals surface area contributed by atoms with Crippen LogP contribution in [0.1, 0.15) is 12.0 Å². The molecule has 0 aromatic carbocycles. The molecule has 3 heterocycles. The molecule has 0 saturated carbocycles. The van der Waals surface area contributed by atoms with Crippen molar-refractivity contribution >= 4 is 15.8 Å². The SMILES string of the molecule is O=C(O)CCN1CCN(Cc2ccncc2)[C@@H]2CS(=O)(=O)C[C@@H]21. The number of pyridine rings is 1. The first-order valence-electron chi connectivity index (χ1n) is 7.74. The highest BCUT2D eigenvalue weighted by molar-refractivity contribution is 7.91. The van der Waals surface area contributed by atoms with Crippen LogP contribution in [0.4, 0.5) is 0 Å². The van der Waals surface area contributed by atoms with E-state index in [9.17, 15) is 13.2 Å². The van der Waals surface area contributed by atoms with Crippen molar-refractivity contribution in [3.05, 3.63) is 30.1 Å². The summed E-state index contributed by atoms with van der Waals surface area (Å²) in [5.74, 6) is -0.558. The van der Waals surface area contributed by atoms with Crippen molar-refractivity contribution in [3.63, 3.8) is 0 Å². The molecule has 1 aromatic rings. The molecule has 0 unspecified atom stereocenters. The second kappa shape index (κ2) is 6.54. The number of carbonyl (C=O) groups is 1. The van der Waals surface area contributed by atoms with Gasteiger partial charge in [-0.25, -0.2) is 8.42 Å². The number of hydrogen-bond donors (Lipinski definition) is 1. The minimum absolute atomic E-state index is 0.0492. The second-order valence-corrected chi connectivity index (χ2v) is 8.37. The first-order chi connectivity index (χ1) is 10.9. The predicted molar refractivity (Wildman–Crippen MR) is 84.7 cm³/mol. The van der Waals surface area contributed by atoms with Gasteiger partial charge in [-0.3, -0.25) is 19.6 Å². The van der Waals surface area contributed by atoms with Gasteiger partial charge in [-0.1, -0.05) is 0 Å². The van der Waals surface area contributed by atoms with Gasteiger partial charge < -0.3 is 5.11 Å². The average molecular weight is 339 g/mol. The number of nitrogens with zero attached hydrogens (tertiary/aromatic N) is 3. The summed E-state index contributed by atoms with van der Waals surface area (Å²) < 4.78 is 24.2. The first kappa shape index (κ1) is 16.4. The van der Waals surface area contributed by atoms with Crippen molar-refractivity contribution in [3.8, 4) is 0 Å². The Morgan fingerprint density at radius 2 is 1.78 bits per heavy atom. The standard InChI is InChI=1S/C15H21N3O4S/c19-15(20)3-6-17-7-8-18(9-12-1-4-16-5-2-12)14-11-23(21,22)10-13(14)17/h1-2,4-5,13-14H,3,6-11H2,(H,19,20)/t13-,14+/m0/s1. The lowest BCUT2D eigenvalue weighted by Crippen LogP contribution is -2.58. The maximum Gasteiger partial charge on any atom is 0.304 e. The molecule has 0 spiro atoms. The van der Waals surface area contributed by atoms with Crippen LogP contribution >= 0.6 is 0 Å². The number of piperazine rings is 1. The fraction of sp³-hybridized carbons (Fsp3) is 0.600. The largest absolute Gasteiger partial charge is 0.481 e. The van der Waals surface area contributed by atoms with Gasteiger partial charge in [0.05, 0.1) is 17.9 Å². The van der Waals surface area contributed by atoms with Crippen LogP contribution in [0, 0.1) is 0 Å². The van der Waals surface area contributed by atoms with Gasteiger partial charge in [0.1, 0.15) is 0 Å². The molecule has 2 aliphatic heterocycles. The van der Waals surface area contributed by atoms with E-state index in [1.54, 1.807) is 12.4 Å². The van der Waals surface area contributed by atoms with Crippen LogP contribution in [-0.2, 0) is 21.2 Å². The Hall–Kier alpha value is -1.51. The molecule has 2 saturated heterocycles. The van der Waals surface area contributed by atoms with Crippen molar-refractivity contribution in [2.45, 2.75) is 25.0 Å². The molecule has 2 atom stereocenters. The van der Waals surface area contributed by atoms with Gasteiger partial charge in [0.15, 0.2) is 9.84 Å². The van der Waals surface area contributed by atoms with E-state index >= 15 is 0 Å². The van der Waals surface area contributed by atoms with Crippen molar-refractivity contribution < 1.29 is 18.3 Å². The molecule has 126 valence electrons. The summed E-state index contributed by atoms with van der Waals surface area (Å²) in [5, 5.41) is 8.87. The maximum absolute atomic E-state index is 12.1. The van der Waals surface area contributed by atoms with Gasteiger partial charge >= 0.3 is 5.97 Å². The van der Waals surface area contributed by atoms with Crippen LogP contribution in [0.25, 0.3) is 0 Å². The number of rotatable bonds is 5. The molecular formula is C15H21N3O4S. The van der Waals surface area contributed by atoms with Gasteiger partial charge in [0.25, 0.3) is 0 Å². The summed E-state index contributed by atoms with van der Waals surface area (Å²) in [6, 6.07) is 3.72. The lowest BCUT2D eigenvalue weighted by molar-refractivity contribution is -0.137. The van der Waals surface area contributed by atoms with Crippen molar-refractivity contribution in [1.82, 2.24) is 14.8 Å². The number of aliphatic carboxylic acids is 1.